The van der Waals surface area contributed by atoms with Crippen LogP contribution < -0.4 is 9.47 Å². The smallest absolute Gasteiger partial charge is 0.126 e. The van der Waals surface area contributed by atoms with Crippen molar-refractivity contribution in [3.05, 3.63) is 59.5 Å². The van der Waals surface area contributed by atoms with Crippen LogP contribution in [0, 0.1) is 5.82 Å². The van der Waals surface area contributed by atoms with Crippen LogP contribution in [-0.2, 0) is 12.8 Å². The minimum atomic E-state index is -0.182. The maximum Gasteiger partial charge on any atom is 0.126 e. The van der Waals surface area contributed by atoms with Crippen LogP contribution in [-0.4, -0.2) is 42.7 Å². The van der Waals surface area contributed by atoms with Crippen LogP contribution in [0.25, 0.3) is 10.9 Å². The van der Waals surface area contributed by atoms with Crippen molar-refractivity contribution >= 4 is 10.9 Å². The van der Waals surface area contributed by atoms with Gasteiger partial charge in [0.05, 0.1) is 7.11 Å². The molecule has 4 rings (SSSR count). The van der Waals surface area contributed by atoms with Gasteiger partial charge in [-0.2, -0.15) is 0 Å². The van der Waals surface area contributed by atoms with Gasteiger partial charge in [0.15, 0.2) is 0 Å². The predicted octanol–water partition coefficient (Wildman–Crippen LogP) is 4.96. The van der Waals surface area contributed by atoms with Crippen molar-refractivity contribution in [2.75, 3.05) is 26.8 Å². The van der Waals surface area contributed by atoms with Crippen LogP contribution in [0.5, 0.6) is 11.5 Å². The van der Waals surface area contributed by atoms with E-state index >= 15 is 0 Å². The quantitative estimate of drug-likeness (QED) is 0.585. The maximum absolute atomic E-state index is 13.6. The Morgan fingerprint density at radius 2 is 2.14 bits per heavy atom. The zero-order valence-corrected chi connectivity index (χ0v) is 17.2. The number of nitrogens with one attached hydrogen (secondary N) is 1. The number of benzene rings is 2. The second-order valence-electron chi connectivity index (χ2n) is 7.75. The van der Waals surface area contributed by atoms with Gasteiger partial charge in [-0.1, -0.05) is 13.0 Å². The lowest BCUT2D eigenvalue weighted by atomic mass is 9.99. The molecule has 1 aliphatic heterocycles. The number of H-pyrrole nitrogens is 1. The normalized spacial score (nSPS) is 16.1. The minimum Gasteiger partial charge on any atom is -0.496 e. The van der Waals surface area contributed by atoms with Crippen LogP contribution in [0.15, 0.2) is 42.6 Å². The Hall–Kier alpha value is -2.53. The van der Waals surface area contributed by atoms with Gasteiger partial charge in [-0.3, -0.25) is 4.90 Å². The molecule has 1 aliphatic rings. The van der Waals surface area contributed by atoms with Gasteiger partial charge < -0.3 is 14.5 Å². The fraction of sp³-hybridized carbons (Fsp3) is 0.417. The van der Waals surface area contributed by atoms with E-state index in [0.717, 1.165) is 61.2 Å². The molecule has 154 valence electrons. The van der Waals surface area contributed by atoms with Gasteiger partial charge in [-0.25, -0.2) is 4.39 Å². The maximum atomic E-state index is 13.6. The molecule has 1 atom stereocenters. The Bertz CT molecular complexity index is 954. The molecule has 0 saturated heterocycles. The Balaban J connectivity index is 1.42. The highest BCUT2D eigenvalue weighted by atomic mass is 19.1. The average Bonchev–Trinajstić information content (AvgIpc) is 3.14. The van der Waals surface area contributed by atoms with Crippen LogP contribution in [0.3, 0.4) is 0 Å². The van der Waals surface area contributed by atoms with E-state index in [9.17, 15) is 4.39 Å². The number of methoxy groups -OCH3 is 1. The number of ether oxygens (including phenoxy) is 2. The molecule has 4 nitrogen and oxygen atoms in total. The SMILES string of the molecule is CCCN(CCCc1c[nH]c2ccc(F)cc12)[C@@H]1COc2cccc(OC)c2C1. The Labute approximate surface area is 171 Å². The first-order valence-electron chi connectivity index (χ1n) is 10.5. The third kappa shape index (κ3) is 4.25. The zero-order chi connectivity index (χ0) is 20.2. The van der Waals surface area contributed by atoms with Crippen molar-refractivity contribution < 1.29 is 13.9 Å². The van der Waals surface area contributed by atoms with Crippen LogP contribution in [0.2, 0.25) is 0 Å². The first-order chi connectivity index (χ1) is 14.2. The molecular formula is C24H29FN2O2. The van der Waals surface area contributed by atoms with Crippen molar-refractivity contribution in [2.45, 2.75) is 38.6 Å². The summed E-state index contributed by atoms with van der Waals surface area (Å²) in [6.07, 6.45) is 6.01. The second-order valence-corrected chi connectivity index (χ2v) is 7.75. The number of hydrogen-bond donors (Lipinski definition) is 1. The highest BCUT2D eigenvalue weighted by Gasteiger charge is 2.27. The van der Waals surface area contributed by atoms with Crippen molar-refractivity contribution in [1.29, 1.82) is 0 Å². The lowest BCUT2D eigenvalue weighted by Gasteiger charge is -2.35. The molecule has 0 amide bonds. The number of fused-ring (bicyclic) bond motifs is 2. The first-order valence-corrected chi connectivity index (χ1v) is 10.5. The Kier molecular flexibility index (Phi) is 6.05. The van der Waals surface area contributed by atoms with Crippen molar-refractivity contribution in [2.24, 2.45) is 0 Å². The molecule has 0 spiro atoms. The largest absolute Gasteiger partial charge is 0.496 e. The van der Waals surface area contributed by atoms with E-state index in [2.05, 4.69) is 16.8 Å². The van der Waals surface area contributed by atoms with E-state index in [1.54, 1.807) is 13.2 Å². The van der Waals surface area contributed by atoms with Crippen LogP contribution >= 0.6 is 0 Å². The van der Waals surface area contributed by atoms with Crippen LogP contribution in [0.1, 0.15) is 30.9 Å². The van der Waals surface area contributed by atoms with Crippen LogP contribution in [0.4, 0.5) is 4.39 Å². The number of hydrogen-bond acceptors (Lipinski definition) is 3. The molecule has 0 radical (unpaired) electrons. The number of aromatic nitrogens is 1. The van der Waals surface area contributed by atoms with Gasteiger partial charge in [-0.15, -0.1) is 0 Å². The molecule has 1 aromatic heterocycles. The predicted molar refractivity (Wildman–Crippen MR) is 114 cm³/mol. The third-order valence-electron chi connectivity index (χ3n) is 5.83. The number of halogens is 1. The van der Waals surface area contributed by atoms with Crippen molar-refractivity contribution in [3.63, 3.8) is 0 Å². The summed E-state index contributed by atoms with van der Waals surface area (Å²) in [5.74, 6) is 1.67. The molecular weight excluding hydrogens is 367 g/mol. The summed E-state index contributed by atoms with van der Waals surface area (Å²) in [6, 6.07) is 11.3. The summed E-state index contributed by atoms with van der Waals surface area (Å²) in [5, 5.41) is 0.992. The summed E-state index contributed by atoms with van der Waals surface area (Å²) in [5.41, 5.74) is 3.35. The molecule has 3 aromatic rings. The summed E-state index contributed by atoms with van der Waals surface area (Å²) in [4.78, 5) is 5.78. The fourth-order valence-corrected chi connectivity index (χ4v) is 4.38. The Morgan fingerprint density at radius 3 is 2.97 bits per heavy atom. The lowest BCUT2D eigenvalue weighted by molar-refractivity contribution is 0.116. The zero-order valence-electron chi connectivity index (χ0n) is 17.2. The number of aromatic amines is 1. The van der Waals surface area contributed by atoms with E-state index in [1.165, 1.54) is 17.2 Å². The standard InChI is InChI=1S/C24H29FN2O2/c1-3-11-27(19-14-21-23(28-2)7-4-8-24(21)29-16-19)12-5-6-17-15-26-22-10-9-18(25)13-20(17)22/h4,7-10,13,15,19,26H,3,5-6,11-12,14,16H2,1-2H3/t19-/m0/s1. The second kappa shape index (κ2) is 8.87. The summed E-state index contributed by atoms with van der Waals surface area (Å²) < 4.78 is 25.2. The van der Waals surface area contributed by atoms with E-state index in [-0.39, 0.29) is 5.82 Å². The number of aryl methyl sites for hydroxylation is 1. The van der Waals surface area contributed by atoms with Gasteiger partial charge in [0, 0.05) is 28.7 Å². The molecule has 1 N–H and O–H groups in total. The Morgan fingerprint density at radius 1 is 1.24 bits per heavy atom. The molecule has 0 fully saturated rings. The van der Waals surface area contributed by atoms with Crippen molar-refractivity contribution in [3.8, 4) is 11.5 Å². The minimum absolute atomic E-state index is 0.182. The summed E-state index contributed by atoms with van der Waals surface area (Å²) in [7, 11) is 1.72. The highest BCUT2D eigenvalue weighted by Crippen LogP contribution is 2.34. The first kappa shape index (κ1) is 19.8. The van der Waals surface area contributed by atoms with Gasteiger partial charge in [0.1, 0.15) is 23.9 Å². The molecule has 5 heteroatoms. The van der Waals surface area contributed by atoms with Gasteiger partial charge in [0.25, 0.3) is 0 Å². The summed E-state index contributed by atoms with van der Waals surface area (Å²) >= 11 is 0. The van der Waals surface area contributed by atoms with E-state index in [4.69, 9.17) is 9.47 Å². The number of nitrogens with zero attached hydrogens (tertiary/aromatic N) is 1. The molecule has 2 heterocycles. The van der Waals surface area contributed by atoms with E-state index in [1.807, 2.05) is 30.5 Å². The average molecular weight is 397 g/mol. The molecule has 29 heavy (non-hydrogen) atoms. The fourth-order valence-electron chi connectivity index (χ4n) is 4.38. The molecule has 0 saturated carbocycles. The number of rotatable bonds is 8. The van der Waals surface area contributed by atoms with Crippen molar-refractivity contribution in [1.82, 2.24) is 9.88 Å². The molecule has 2 aromatic carbocycles. The highest BCUT2D eigenvalue weighted by molar-refractivity contribution is 5.83. The molecule has 0 bridgehead atoms. The third-order valence-corrected chi connectivity index (χ3v) is 5.83. The molecule has 0 unspecified atom stereocenters. The van der Waals surface area contributed by atoms with Gasteiger partial charge >= 0.3 is 0 Å². The topological polar surface area (TPSA) is 37.5 Å². The molecule has 0 aliphatic carbocycles. The monoisotopic (exact) mass is 396 g/mol. The lowest BCUT2D eigenvalue weighted by Crippen LogP contribution is -2.44. The van der Waals surface area contributed by atoms with E-state index in [0.29, 0.717) is 12.6 Å². The van der Waals surface area contributed by atoms with Gasteiger partial charge in [-0.05, 0) is 74.7 Å². The van der Waals surface area contributed by atoms with Gasteiger partial charge in [0.2, 0.25) is 0 Å². The summed E-state index contributed by atoms with van der Waals surface area (Å²) in [6.45, 7) is 4.96. The van der Waals surface area contributed by atoms with E-state index < -0.39 is 0 Å².